The summed E-state index contributed by atoms with van der Waals surface area (Å²) < 4.78 is 14.0. The van der Waals surface area contributed by atoms with Crippen molar-refractivity contribution >= 4 is 27.7 Å². The van der Waals surface area contributed by atoms with Crippen LogP contribution in [-0.2, 0) is 0 Å². The molecule has 106 valence electrons. The minimum Gasteiger partial charge on any atom is -0.326 e. The van der Waals surface area contributed by atoms with Crippen LogP contribution in [0, 0.1) is 5.82 Å². The molecule has 0 bridgehead atoms. The van der Waals surface area contributed by atoms with Gasteiger partial charge in [0, 0.05) is 16.7 Å². The van der Waals surface area contributed by atoms with Crippen LogP contribution in [0.15, 0.2) is 52.1 Å². The molecule has 0 saturated carbocycles. The average molecular weight is 355 g/mol. The molecule has 0 saturated heterocycles. The third-order valence-corrected chi connectivity index (χ3v) is 4.83. The monoisotopic (exact) mass is 354 g/mol. The van der Waals surface area contributed by atoms with Crippen molar-refractivity contribution in [1.29, 1.82) is 0 Å². The number of rotatable bonds is 5. The molecule has 5 heteroatoms. The normalized spacial score (nSPS) is 14.0. The number of nitrogens with two attached hydrogens (primary N) is 1. The maximum atomic E-state index is 13.0. The standard InChI is InChI=1S/C15H16BrFN2S/c1-2-13(18)15(10-3-6-12(17)7-4-10)20-14-8-5-11(16)9-19-14/h3-9,13,15H,2,18H2,1H3. The van der Waals surface area contributed by atoms with E-state index in [0.717, 1.165) is 21.5 Å². The molecule has 0 aliphatic rings. The molecule has 1 heterocycles. The van der Waals surface area contributed by atoms with E-state index in [0.29, 0.717) is 0 Å². The molecule has 0 fully saturated rings. The lowest BCUT2D eigenvalue weighted by Crippen LogP contribution is -2.25. The Morgan fingerprint density at radius 1 is 1.25 bits per heavy atom. The lowest BCUT2D eigenvalue weighted by molar-refractivity contribution is 0.617. The van der Waals surface area contributed by atoms with Crippen LogP contribution in [-0.4, -0.2) is 11.0 Å². The lowest BCUT2D eigenvalue weighted by atomic mass is 10.0. The van der Waals surface area contributed by atoms with Crippen molar-refractivity contribution in [2.75, 3.05) is 0 Å². The van der Waals surface area contributed by atoms with E-state index in [2.05, 4.69) is 27.8 Å². The molecule has 2 nitrogen and oxygen atoms in total. The van der Waals surface area contributed by atoms with E-state index in [1.54, 1.807) is 30.1 Å². The number of pyridine rings is 1. The van der Waals surface area contributed by atoms with Crippen molar-refractivity contribution in [2.45, 2.75) is 29.7 Å². The molecule has 2 aromatic rings. The molecule has 0 aliphatic heterocycles. The first kappa shape index (κ1) is 15.5. The van der Waals surface area contributed by atoms with Gasteiger partial charge in [0.05, 0.1) is 10.3 Å². The van der Waals surface area contributed by atoms with Crippen molar-refractivity contribution in [3.63, 3.8) is 0 Å². The molecular formula is C15H16BrFN2S. The Morgan fingerprint density at radius 3 is 2.50 bits per heavy atom. The molecule has 1 aromatic carbocycles. The van der Waals surface area contributed by atoms with Gasteiger partial charge in [0.1, 0.15) is 5.82 Å². The summed E-state index contributed by atoms with van der Waals surface area (Å²) in [6.45, 7) is 2.05. The maximum absolute atomic E-state index is 13.0. The number of hydrogen-bond acceptors (Lipinski definition) is 3. The topological polar surface area (TPSA) is 38.9 Å². The summed E-state index contributed by atoms with van der Waals surface area (Å²) in [6.07, 6.45) is 2.62. The van der Waals surface area contributed by atoms with Crippen molar-refractivity contribution in [2.24, 2.45) is 5.73 Å². The van der Waals surface area contributed by atoms with Crippen molar-refractivity contribution in [3.8, 4) is 0 Å². The van der Waals surface area contributed by atoms with E-state index in [1.807, 2.05) is 12.1 Å². The molecule has 0 spiro atoms. The Balaban J connectivity index is 2.23. The Labute approximate surface area is 131 Å². The van der Waals surface area contributed by atoms with Gasteiger partial charge in [-0.1, -0.05) is 30.8 Å². The predicted molar refractivity (Wildman–Crippen MR) is 85.2 cm³/mol. The number of aromatic nitrogens is 1. The van der Waals surface area contributed by atoms with Crippen LogP contribution < -0.4 is 5.73 Å². The van der Waals surface area contributed by atoms with Gasteiger partial charge < -0.3 is 5.73 Å². The molecule has 1 aromatic heterocycles. The van der Waals surface area contributed by atoms with E-state index in [1.165, 1.54) is 12.1 Å². The summed E-state index contributed by atoms with van der Waals surface area (Å²) in [5, 5.41) is 0.973. The van der Waals surface area contributed by atoms with Gasteiger partial charge in [0.25, 0.3) is 0 Å². The summed E-state index contributed by atoms with van der Waals surface area (Å²) >= 11 is 4.98. The van der Waals surface area contributed by atoms with Gasteiger partial charge in [0.2, 0.25) is 0 Å². The van der Waals surface area contributed by atoms with Gasteiger partial charge in [-0.2, -0.15) is 0 Å². The molecule has 2 N–H and O–H groups in total. The van der Waals surface area contributed by atoms with Gasteiger partial charge >= 0.3 is 0 Å². The van der Waals surface area contributed by atoms with E-state index in [-0.39, 0.29) is 17.1 Å². The molecule has 2 rings (SSSR count). The highest BCUT2D eigenvalue weighted by Gasteiger charge is 2.20. The third kappa shape index (κ3) is 4.04. The fraction of sp³-hybridized carbons (Fsp3) is 0.267. The highest BCUT2D eigenvalue weighted by molar-refractivity contribution is 9.10. The molecule has 2 unspecified atom stereocenters. The summed E-state index contributed by atoms with van der Waals surface area (Å²) in [5.74, 6) is -0.232. The van der Waals surface area contributed by atoms with Gasteiger partial charge in [-0.05, 0) is 52.2 Å². The second-order valence-electron chi connectivity index (χ2n) is 4.48. The number of benzene rings is 1. The number of thioether (sulfide) groups is 1. The van der Waals surface area contributed by atoms with Crippen LogP contribution in [0.25, 0.3) is 0 Å². The highest BCUT2D eigenvalue weighted by Crippen LogP contribution is 2.37. The zero-order valence-corrected chi connectivity index (χ0v) is 13.5. The van der Waals surface area contributed by atoms with E-state index >= 15 is 0 Å². The van der Waals surface area contributed by atoms with Crippen LogP contribution >= 0.6 is 27.7 Å². The van der Waals surface area contributed by atoms with Crippen LogP contribution in [0.1, 0.15) is 24.2 Å². The summed E-state index contributed by atoms with van der Waals surface area (Å²) in [4.78, 5) is 4.36. The predicted octanol–water partition coefficient (Wildman–Crippen LogP) is 4.55. The van der Waals surface area contributed by atoms with Crippen LogP contribution in [0.3, 0.4) is 0 Å². The van der Waals surface area contributed by atoms with Crippen molar-refractivity contribution in [3.05, 3.63) is 58.4 Å². The Kier molecular flexibility index (Phi) is 5.57. The van der Waals surface area contributed by atoms with Gasteiger partial charge in [0.15, 0.2) is 0 Å². The smallest absolute Gasteiger partial charge is 0.123 e. The number of nitrogens with zero attached hydrogens (tertiary/aromatic N) is 1. The van der Waals surface area contributed by atoms with E-state index in [4.69, 9.17) is 5.73 Å². The summed E-state index contributed by atoms with van der Waals surface area (Å²) in [7, 11) is 0. The number of hydrogen-bond donors (Lipinski definition) is 1. The fourth-order valence-electron chi connectivity index (χ4n) is 1.83. The van der Waals surface area contributed by atoms with Gasteiger partial charge in [-0.25, -0.2) is 9.37 Å². The largest absolute Gasteiger partial charge is 0.326 e. The molecule has 0 amide bonds. The van der Waals surface area contributed by atoms with Crippen molar-refractivity contribution in [1.82, 2.24) is 4.98 Å². The fourth-order valence-corrected chi connectivity index (χ4v) is 3.25. The molecule has 0 radical (unpaired) electrons. The third-order valence-electron chi connectivity index (χ3n) is 3.01. The lowest BCUT2D eigenvalue weighted by Gasteiger charge is -2.22. The van der Waals surface area contributed by atoms with E-state index in [9.17, 15) is 4.39 Å². The van der Waals surface area contributed by atoms with Crippen LogP contribution in [0.2, 0.25) is 0 Å². The first-order valence-corrected chi connectivity index (χ1v) is 8.06. The second kappa shape index (κ2) is 7.20. The number of halogens is 2. The Morgan fingerprint density at radius 2 is 1.95 bits per heavy atom. The zero-order chi connectivity index (χ0) is 14.5. The van der Waals surface area contributed by atoms with E-state index < -0.39 is 0 Å². The minimum absolute atomic E-state index is 0.00379. The summed E-state index contributed by atoms with van der Waals surface area (Å²) in [6, 6.07) is 10.4. The second-order valence-corrected chi connectivity index (χ2v) is 6.55. The van der Waals surface area contributed by atoms with Crippen LogP contribution in [0.4, 0.5) is 4.39 Å². The summed E-state index contributed by atoms with van der Waals surface area (Å²) in [5.41, 5.74) is 7.24. The minimum atomic E-state index is -0.232. The zero-order valence-electron chi connectivity index (χ0n) is 11.1. The maximum Gasteiger partial charge on any atom is 0.123 e. The van der Waals surface area contributed by atoms with Gasteiger partial charge in [-0.3, -0.25) is 0 Å². The Hall–Kier alpha value is -0.910. The quantitative estimate of drug-likeness (QED) is 0.800. The van der Waals surface area contributed by atoms with Crippen LogP contribution in [0.5, 0.6) is 0 Å². The molecular weight excluding hydrogens is 339 g/mol. The molecule has 20 heavy (non-hydrogen) atoms. The SMILES string of the molecule is CCC(N)C(Sc1ccc(Br)cn1)c1ccc(F)cc1. The molecule has 0 aliphatic carbocycles. The first-order chi connectivity index (χ1) is 9.60. The Bertz CT molecular complexity index is 545. The molecule has 2 atom stereocenters. The van der Waals surface area contributed by atoms with Gasteiger partial charge in [-0.15, -0.1) is 0 Å². The van der Waals surface area contributed by atoms with Crippen molar-refractivity contribution < 1.29 is 4.39 Å². The first-order valence-electron chi connectivity index (χ1n) is 6.39. The average Bonchev–Trinajstić information content (AvgIpc) is 2.47. The highest BCUT2D eigenvalue weighted by atomic mass is 79.9.